The third-order valence-electron chi connectivity index (χ3n) is 5.47. The zero-order valence-corrected chi connectivity index (χ0v) is 18.2. The summed E-state index contributed by atoms with van der Waals surface area (Å²) in [6.07, 6.45) is 4.31. The molecule has 3 heterocycles. The number of aromatic nitrogens is 3. The predicted octanol–water partition coefficient (Wildman–Crippen LogP) is 1.68. The van der Waals surface area contributed by atoms with Gasteiger partial charge in [-0.3, -0.25) is 14.5 Å². The van der Waals surface area contributed by atoms with Crippen LogP contribution in [0.5, 0.6) is 0 Å². The normalized spacial score (nSPS) is 14.2. The van der Waals surface area contributed by atoms with Crippen LogP contribution in [0, 0.1) is 0 Å². The molecule has 3 aromatic rings. The standard InChI is InChI=1S/C22H25N5O3S/c1-26-21-10-14-27(31(29,30)16-17-5-3-2-4-6-17)15-19(21)20(25-26)9-13-24-22(28)18-7-11-23-12-8-18/h2-8,11-12H,9-10,13-16H2,1H3,(H,24,28). The first-order chi connectivity index (χ1) is 14.9. The highest BCUT2D eigenvalue weighted by Crippen LogP contribution is 2.25. The van der Waals surface area contributed by atoms with Crippen molar-refractivity contribution in [3.8, 4) is 0 Å². The summed E-state index contributed by atoms with van der Waals surface area (Å²) in [6.45, 7) is 1.17. The summed E-state index contributed by atoms with van der Waals surface area (Å²) in [4.78, 5) is 16.1. The minimum Gasteiger partial charge on any atom is -0.352 e. The van der Waals surface area contributed by atoms with E-state index in [-0.39, 0.29) is 11.7 Å². The second-order valence-electron chi connectivity index (χ2n) is 7.56. The summed E-state index contributed by atoms with van der Waals surface area (Å²) in [5.41, 5.74) is 4.16. The third-order valence-corrected chi connectivity index (χ3v) is 7.26. The molecule has 1 aliphatic rings. The van der Waals surface area contributed by atoms with Crippen molar-refractivity contribution in [2.75, 3.05) is 13.1 Å². The van der Waals surface area contributed by atoms with Crippen LogP contribution in [0.2, 0.25) is 0 Å². The maximum absolute atomic E-state index is 13.0. The van der Waals surface area contributed by atoms with Crippen molar-refractivity contribution in [3.05, 3.63) is 82.9 Å². The molecule has 162 valence electrons. The summed E-state index contributed by atoms with van der Waals surface area (Å²) >= 11 is 0. The number of pyridine rings is 1. The number of carbonyl (C=O) groups excluding carboxylic acids is 1. The van der Waals surface area contributed by atoms with Gasteiger partial charge in [-0.15, -0.1) is 0 Å². The van der Waals surface area contributed by atoms with Crippen molar-refractivity contribution in [1.82, 2.24) is 24.4 Å². The van der Waals surface area contributed by atoms with Crippen molar-refractivity contribution < 1.29 is 13.2 Å². The Kier molecular flexibility index (Phi) is 6.15. The highest BCUT2D eigenvalue weighted by atomic mass is 32.2. The van der Waals surface area contributed by atoms with Crippen molar-refractivity contribution >= 4 is 15.9 Å². The molecule has 0 bridgehead atoms. The molecule has 1 aliphatic heterocycles. The molecule has 8 nitrogen and oxygen atoms in total. The predicted molar refractivity (Wildman–Crippen MR) is 117 cm³/mol. The number of fused-ring (bicyclic) bond motifs is 1. The molecule has 0 atom stereocenters. The van der Waals surface area contributed by atoms with Crippen molar-refractivity contribution in [2.45, 2.75) is 25.1 Å². The van der Waals surface area contributed by atoms with Gasteiger partial charge in [0.25, 0.3) is 5.91 Å². The molecule has 0 unspecified atom stereocenters. The molecular formula is C22H25N5O3S. The molecule has 0 fully saturated rings. The minimum atomic E-state index is -3.44. The molecule has 0 saturated carbocycles. The molecule has 1 N–H and O–H groups in total. The number of amides is 1. The van der Waals surface area contributed by atoms with Crippen LogP contribution in [-0.4, -0.2) is 46.5 Å². The Labute approximate surface area is 182 Å². The molecule has 2 aromatic heterocycles. The molecule has 9 heteroatoms. The Hall–Kier alpha value is -3.04. The van der Waals surface area contributed by atoms with E-state index >= 15 is 0 Å². The fraction of sp³-hybridized carbons (Fsp3) is 0.318. The summed E-state index contributed by atoms with van der Waals surface area (Å²) in [7, 11) is -1.55. The zero-order chi connectivity index (χ0) is 21.8. The first-order valence-electron chi connectivity index (χ1n) is 10.2. The number of carbonyl (C=O) groups is 1. The van der Waals surface area contributed by atoms with Crippen LogP contribution in [0.3, 0.4) is 0 Å². The fourth-order valence-electron chi connectivity index (χ4n) is 3.86. The number of aryl methyl sites for hydroxylation is 1. The van der Waals surface area contributed by atoms with E-state index in [9.17, 15) is 13.2 Å². The van der Waals surface area contributed by atoms with Gasteiger partial charge in [0.1, 0.15) is 0 Å². The Balaban J connectivity index is 1.43. The highest BCUT2D eigenvalue weighted by Gasteiger charge is 2.30. The van der Waals surface area contributed by atoms with E-state index < -0.39 is 10.0 Å². The van der Waals surface area contributed by atoms with E-state index in [0.29, 0.717) is 38.0 Å². The lowest BCUT2D eigenvalue weighted by Gasteiger charge is -2.27. The molecule has 0 saturated heterocycles. The van der Waals surface area contributed by atoms with E-state index in [2.05, 4.69) is 15.4 Å². The van der Waals surface area contributed by atoms with Gasteiger partial charge >= 0.3 is 0 Å². The van der Waals surface area contributed by atoms with Gasteiger partial charge < -0.3 is 5.32 Å². The number of hydrogen-bond acceptors (Lipinski definition) is 5. The van der Waals surface area contributed by atoms with Crippen molar-refractivity contribution in [3.63, 3.8) is 0 Å². The minimum absolute atomic E-state index is 0.0131. The highest BCUT2D eigenvalue weighted by molar-refractivity contribution is 7.88. The van der Waals surface area contributed by atoms with E-state index in [1.165, 1.54) is 0 Å². The quantitative estimate of drug-likeness (QED) is 0.604. The smallest absolute Gasteiger partial charge is 0.251 e. The Bertz CT molecular complexity index is 1160. The Morgan fingerprint density at radius 1 is 1.13 bits per heavy atom. The lowest BCUT2D eigenvalue weighted by molar-refractivity contribution is 0.0954. The van der Waals surface area contributed by atoms with Gasteiger partial charge in [-0.2, -0.15) is 9.40 Å². The van der Waals surface area contributed by atoms with E-state index in [4.69, 9.17) is 0 Å². The van der Waals surface area contributed by atoms with Crippen LogP contribution >= 0.6 is 0 Å². The zero-order valence-electron chi connectivity index (χ0n) is 17.4. The lowest BCUT2D eigenvalue weighted by atomic mass is 10.1. The molecule has 31 heavy (non-hydrogen) atoms. The van der Waals surface area contributed by atoms with Gasteiger partial charge in [-0.25, -0.2) is 8.42 Å². The van der Waals surface area contributed by atoms with Gasteiger partial charge in [0.05, 0.1) is 11.4 Å². The third kappa shape index (κ3) is 4.83. The second kappa shape index (κ2) is 8.99. The van der Waals surface area contributed by atoms with Gasteiger partial charge in [-0.1, -0.05) is 30.3 Å². The van der Waals surface area contributed by atoms with E-state index in [1.807, 2.05) is 42.1 Å². The maximum atomic E-state index is 13.0. The number of nitrogens with zero attached hydrogens (tertiary/aromatic N) is 4. The lowest BCUT2D eigenvalue weighted by Crippen LogP contribution is -2.37. The first kappa shape index (κ1) is 21.2. The number of sulfonamides is 1. The van der Waals surface area contributed by atoms with Crippen LogP contribution in [0.15, 0.2) is 54.9 Å². The monoisotopic (exact) mass is 439 g/mol. The average Bonchev–Trinajstić information content (AvgIpc) is 3.10. The van der Waals surface area contributed by atoms with Crippen LogP contribution in [-0.2, 0) is 42.2 Å². The van der Waals surface area contributed by atoms with E-state index in [1.54, 1.807) is 28.8 Å². The number of rotatable bonds is 7. The van der Waals surface area contributed by atoms with Gasteiger partial charge in [0, 0.05) is 68.7 Å². The van der Waals surface area contributed by atoms with Crippen LogP contribution in [0.25, 0.3) is 0 Å². The van der Waals surface area contributed by atoms with Crippen LogP contribution in [0.4, 0.5) is 0 Å². The fourth-order valence-corrected chi connectivity index (χ4v) is 5.35. The van der Waals surface area contributed by atoms with Crippen molar-refractivity contribution in [1.29, 1.82) is 0 Å². The molecule has 0 spiro atoms. The molecular weight excluding hydrogens is 414 g/mol. The SMILES string of the molecule is Cn1nc(CCNC(=O)c2ccncc2)c2c1CCN(S(=O)(=O)Cc1ccccc1)C2. The Morgan fingerprint density at radius 2 is 1.87 bits per heavy atom. The number of hydrogen-bond donors (Lipinski definition) is 1. The van der Waals surface area contributed by atoms with Gasteiger partial charge in [-0.05, 0) is 17.7 Å². The van der Waals surface area contributed by atoms with Gasteiger partial charge in [0.15, 0.2) is 0 Å². The maximum Gasteiger partial charge on any atom is 0.251 e. The van der Waals surface area contributed by atoms with Crippen LogP contribution in [0.1, 0.15) is 32.9 Å². The van der Waals surface area contributed by atoms with Gasteiger partial charge in [0.2, 0.25) is 10.0 Å². The average molecular weight is 440 g/mol. The molecule has 1 amide bonds. The second-order valence-corrected chi connectivity index (χ2v) is 9.53. The summed E-state index contributed by atoms with van der Waals surface area (Å²) in [5, 5.41) is 7.49. The first-order valence-corrected chi connectivity index (χ1v) is 11.8. The summed E-state index contributed by atoms with van der Waals surface area (Å²) < 4.78 is 29.3. The number of nitrogens with one attached hydrogen (secondary N) is 1. The molecule has 0 aliphatic carbocycles. The summed E-state index contributed by atoms with van der Waals surface area (Å²) in [6, 6.07) is 12.5. The van der Waals surface area contributed by atoms with Crippen LogP contribution < -0.4 is 5.32 Å². The summed E-state index contributed by atoms with van der Waals surface area (Å²) in [5.74, 6) is -0.180. The molecule has 1 aromatic carbocycles. The van der Waals surface area contributed by atoms with E-state index in [0.717, 1.165) is 22.5 Å². The Morgan fingerprint density at radius 3 is 2.61 bits per heavy atom. The number of benzene rings is 1. The topological polar surface area (TPSA) is 97.2 Å². The molecule has 0 radical (unpaired) electrons. The largest absolute Gasteiger partial charge is 0.352 e. The molecule has 4 rings (SSSR count). The van der Waals surface area contributed by atoms with Crippen molar-refractivity contribution in [2.24, 2.45) is 7.05 Å².